The Morgan fingerprint density at radius 1 is 1.07 bits per heavy atom. The van der Waals surface area contributed by atoms with Gasteiger partial charge in [-0.05, 0) is 50.1 Å². The number of amides is 1. The number of halogens is 1. The molecular weight excluding hydrogens is 392 g/mol. The van der Waals surface area contributed by atoms with E-state index in [-0.39, 0.29) is 18.2 Å². The van der Waals surface area contributed by atoms with Crippen molar-refractivity contribution < 1.29 is 19.1 Å². The van der Waals surface area contributed by atoms with Gasteiger partial charge in [-0.25, -0.2) is 9.78 Å². The van der Waals surface area contributed by atoms with Crippen molar-refractivity contribution >= 4 is 40.1 Å². The molecule has 150 valence electrons. The second-order valence-corrected chi connectivity index (χ2v) is 7.21. The molecule has 3 aromatic rings. The van der Waals surface area contributed by atoms with Crippen molar-refractivity contribution in [1.82, 2.24) is 4.98 Å². The Kier molecular flexibility index (Phi) is 6.03. The lowest BCUT2D eigenvalue weighted by Gasteiger charge is -2.14. The van der Waals surface area contributed by atoms with Gasteiger partial charge in [0.2, 0.25) is 0 Å². The van der Waals surface area contributed by atoms with Gasteiger partial charge in [-0.1, -0.05) is 29.3 Å². The number of pyridine rings is 1. The monoisotopic (exact) mass is 412 g/mol. The zero-order chi connectivity index (χ0) is 21.1. The topological polar surface area (TPSA) is 77.5 Å². The molecule has 0 fully saturated rings. The van der Waals surface area contributed by atoms with Gasteiger partial charge in [0.05, 0.1) is 12.6 Å². The molecule has 1 amide bonds. The molecule has 1 N–H and O–H groups in total. The molecule has 0 spiro atoms. The van der Waals surface area contributed by atoms with Gasteiger partial charge in [0.1, 0.15) is 5.75 Å². The second-order valence-electron chi connectivity index (χ2n) is 6.77. The van der Waals surface area contributed by atoms with Crippen molar-refractivity contribution in [1.29, 1.82) is 0 Å². The number of methoxy groups -OCH3 is 1. The summed E-state index contributed by atoms with van der Waals surface area (Å²) >= 11 is 6.08. The molecule has 0 bridgehead atoms. The lowest BCUT2D eigenvalue weighted by molar-refractivity contribution is -0.118. The van der Waals surface area contributed by atoms with Gasteiger partial charge in [0.15, 0.2) is 12.3 Å². The standard InChI is InChI=1S/C22H21ClN2O4/c1-12-7-13(2)21(14(3)8-12)25-20(26)11-29-19-10-18(22(27)28-4)24-17-6-5-15(23)9-16(17)19/h5-10H,11H2,1-4H3,(H,25,26). The van der Waals surface area contributed by atoms with Crippen LogP contribution in [0.4, 0.5) is 5.69 Å². The van der Waals surface area contributed by atoms with Gasteiger partial charge < -0.3 is 14.8 Å². The fourth-order valence-electron chi connectivity index (χ4n) is 3.19. The summed E-state index contributed by atoms with van der Waals surface area (Å²) in [5.74, 6) is -0.584. The first-order chi connectivity index (χ1) is 13.8. The van der Waals surface area contributed by atoms with E-state index in [1.165, 1.54) is 13.2 Å². The van der Waals surface area contributed by atoms with Crippen molar-refractivity contribution in [3.05, 3.63) is 63.8 Å². The predicted octanol–water partition coefficient (Wildman–Crippen LogP) is 4.62. The molecular formula is C22H21ClN2O4. The fourth-order valence-corrected chi connectivity index (χ4v) is 3.36. The number of fused-ring (bicyclic) bond motifs is 1. The van der Waals surface area contributed by atoms with Crippen LogP contribution >= 0.6 is 11.6 Å². The van der Waals surface area contributed by atoms with Crippen LogP contribution in [0.2, 0.25) is 5.02 Å². The molecule has 3 rings (SSSR count). The van der Waals surface area contributed by atoms with E-state index in [4.69, 9.17) is 21.1 Å². The van der Waals surface area contributed by atoms with E-state index in [1.807, 2.05) is 32.9 Å². The van der Waals surface area contributed by atoms with Crippen molar-refractivity contribution in [3.63, 3.8) is 0 Å². The summed E-state index contributed by atoms with van der Waals surface area (Å²) in [6.45, 7) is 5.65. The molecule has 0 atom stereocenters. The first kappa shape index (κ1) is 20.6. The Balaban J connectivity index is 1.85. The van der Waals surface area contributed by atoms with Crippen molar-refractivity contribution in [2.75, 3.05) is 19.0 Å². The van der Waals surface area contributed by atoms with Crippen LogP contribution in [0.1, 0.15) is 27.2 Å². The lowest BCUT2D eigenvalue weighted by Crippen LogP contribution is -2.21. The van der Waals surface area contributed by atoms with Gasteiger partial charge >= 0.3 is 5.97 Å². The number of carbonyl (C=O) groups is 2. The Hall–Kier alpha value is -3.12. The summed E-state index contributed by atoms with van der Waals surface area (Å²) in [5.41, 5.74) is 4.45. The number of nitrogens with zero attached hydrogens (tertiary/aromatic N) is 1. The number of hydrogen-bond donors (Lipinski definition) is 1. The van der Waals surface area contributed by atoms with E-state index in [2.05, 4.69) is 10.3 Å². The highest BCUT2D eigenvalue weighted by Gasteiger charge is 2.15. The Labute approximate surface area is 173 Å². The summed E-state index contributed by atoms with van der Waals surface area (Å²) in [5, 5.41) is 3.98. The number of carbonyl (C=O) groups excluding carboxylic acids is 2. The SMILES string of the molecule is COC(=O)c1cc(OCC(=O)Nc2c(C)cc(C)cc2C)c2cc(Cl)ccc2n1. The van der Waals surface area contributed by atoms with Gasteiger partial charge in [-0.15, -0.1) is 0 Å². The third-order valence-corrected chi connectivity index (χ3v) is 4.66. The Morgan fingerprint density at radius 2 is 1.76 bits per heavy atom. The molecule has 1 heterocycles. The van der Waals surface area contributed by atoms with E-state index in [0.29, 0.717) is 21.7 Å². The molecule has 2 aromatic carbocycles. The maximum absolute atomic E-state index is 12.5. The molecule has 29 heavy (non-hydrogen) atoms. The Morgan fingerprint density at radius 3 is 2.41 bits per heavy atom. The highest BCUT2D eigenvalue weighted by molar-refractivity contribution is 6.31. The van der Waals surface area contributed by atoms with Gasteiger partial charge in [-0.3, -0.25) is 4.79 Å². The maximum atomic E-state index is 12.5. The summed E-state index contributed by atoms with van der Waals surface area (Å²) < 4.78 is 10.5. The lowest BCUT2D eigenvalue weighted by atomic mass is 10.1. The fraction of sp³-hybridized carbons (Fsp3) is 0.227. The number of rotatable bonds is 5. The molecule has 0 aliphatic heterocycles. The van der Waals surface area contributed by atoms with Crippen LogP contribution in [0.3, 0.4) is 0 Å². The third kappa shape index (κ3) is 4.66. The van der Waals surface area contributed by atoms with Gasteiger partial charge in [0.25, 0.3) is 5.91 Å². The quantitative estimate of drug-likeness (QED) is 0.619. The van der Waals surface area contributed by atoms with Crippen LogP contribution in [0.15, 0.2) is 36.4 Å². The number of ether oxygens (including phenoxy) is 2. The van der Waals surface area contributed by atoms with E-state index in [9.17, 15) is 9.59 Å². The minimum Gasteiger partial charge on any atom is -0.483 e. The average molecular weight is 413 g/mol. The molecule has 6 nitrogen and oxygen atoms in total. The molecule has 1 aromatic heterocycles. The molecule has 0 radical (unpaired) electrons. The van der Waals surface area contributed by atoms with E-state index < -0.39 is 5.97 Å². The molecule has 0 aliphatic rings. The molecule has 0 unspecified atom stereocenters. The highest BCUT2D eigenvalue weighted by atomic mass is 35.5. The third-order valence-electron chi connectivity index (χ3n) is 4.43. The van der Waals surface area contributed by atoms with Crippen LogP contribution in [0.5, 0.6) is 5.75 Å². The van der Waals surface area contributed by atoms with Crippen LogP contribution in [-0.2, 0) is 9.53 Å². The number of hydrogen-bond acceptors (Lipinski definition) is 5. The van der Waals surface area contributed by atoms with Crippen molar-refractivity contribution in [3.8, 4) is 5.75 Å². The first-order valence-corrected chi connectivity index (χ1v) is 9.35. The molecule has 7 heteroatoms. The largest absolute Gasteiger partial charge is 0.483 e. The zero-order valence-electron chi connectivity index (χ0n) is 16.6. The normalized spacial score (nSPS) is 10.7. The molecule has 0 saturated carbocycles. The smallest absolute Gasteiger partial charge is 0.356 e. The second kappa shape index (κ2) is 8.49. The summed E-state index contributed by atoms with van der Waals surface area (Å²) in [4.78, 5) is 28.7. The highest BCUT2D eigenvalue weighted by Crippen LogP contribution is 2.29. The number of aryl methyl sites for hydroxylation is 3. The first-order valence-electron chi connectivity index (χ1n) is 8.97. The predicted molar refractivity (Wildman–Crippen MR) is 113 cm³/mol. The van der Waals surface area contributed by atoms with Crippen LogP contribution in [0.25, 0.3) is 10.9 Å². The van der Waals surface area contributed by atoms with E-state index in [1.54, 1.807) is 18.2 Å². The number of nitrogens with one attached hydrogen (secondary N) is 1. The number of esters is 1. The maximum Gasteiger partial charge on any atom is 0.356 e. The Bertz CT molecular complexity index is 1090. The van der Waals surface area contributed by atoms with Gasteiger partial charge in [-0.2, -0.15) is 0 Å². The van der Waals surface area contributed by atoms with Crippen molar-refractivity contribution in [2.24, 2.45) is 0 Å². The number of aromatic nitrogens is 1. The summed E-state index contributed by atoms with van der Waals surface area (Å²) in [6.07, 6.45) is 0. The van der Waals surface area contributed by atoms with Crippen LogP contribution in [-0.4, -0.2) is 30.6 Å². The summed E-state index contributed by atoms with van der Waals surface area (Å²) in [6, 6.07) is 10.5. The van der Waals surface area contributed by atoms with Crippen molar-refractivity contribution in [2.45, 2.75) is 20.8 Å². The minimum absolute atomic E-state index is 0.0861. The van der Waals surface area contributed by atoms with E-state index >= 15 is 0 Å². The molecule has 0 saturated heterocycles. The minimum atomic E-state index is -0.595. The van der Waals surface area contributed by atoms with Crippen LogP contribution < -0.4 is 10.1 Å². The van der Waals surface area contributed by atoms with E-state index in [0.717, 1.165) is 22.4 Å². The summed E-state index contributed by atoms with van der Waals surface area (Å²) in [7, 11) is 1.27. The average Bonchev–Trinajstić information content (AvgIpc) is 2.68. The zero-order valence-corrected chi connectivity index (χ0v) is 17.4. The number of anilines is 1. The van der Waals surface area contributed by atoms with Crippen LogP contribution in [0, 0.1) is 20.8 Å². The number of benzene rings is 2. The van der Waals surface area contributed by atoms with Gasteiger partial charge in [0, 0.05) is 22.2 Å². The molecule has 0 aliphatic carbocycles.